The number of piperidine rings is 1. The second-order valence-electron chi connectivity index (χ2n) is 5.92. The third-order valence-corrected chi connectivity index (χ3v) is 4.23. The number of amides is 2. The highest BCUT2D eigenvalue weighted by molar-refractivity contribution is 5.74. The number of likely N-dealkylation sites (N-methyl/N-ethyl adjacent to an activating group) is 1. The van der Waals surface area contributed by atoms with E-state index in [1.54, 1.807) is 4.90 Å². The van der Waals surface area contributed by atoms with E-state index in [4.69, 9.17) is 5.11 Å². The zero-order valence-corrected chi connectivity index (χ0v) is 13.6. The van der Waals surface area contributed by atoms with Crippen LogP contribution >= 0.6 is 0 Å². The maximum Gasteiger partial charge on any atom is 0.317 e. The molecule has 1 saturated heterocycles. The molecule has 1 fully saturated rings. The Morgan fingerprint density at radius 2 is 2.09 bits per heavy atom. The summed E-state index contributed by atoms with van der Waals surface area (Å²) >= 11 is 0. The number of nitrogens with one attached hydrogen (secondary N) is 1. The van der Waals surface area contributed by atoms with E-state index in [9.17, 15) is 9.59 Å². The SMILES string of the molecule is CN(C(=O)NCCCC(=O)O)C1CCCN(c2ccccc2)C1. The molecule has 6 nitrogen and oxygen atoms in total. The first kappa shape index (κ1) is 17.1. The molecule has 6 heteroatoms. The van der Waals surface area contributed by atoms with E-state index in [1.807, 2.05) is 25.2 Å². The van der Waals surface area contributed by atoms with E-state index < -0.39 is 5.97 Å². The second-order valence-corrected chi connectivity index (χ2v) is 5.92. The van der Waals surface area contributed by atoms with Crippen molar-refractivity contribution >= 4 is 17.7 Å². The molecule has 0 aliphatic carbocycles. The summed E-state index contributed by atoms with van der Waals surface area (Å²) in [6.45, 7) is 2.22. The maximum absolute atomic E-state index is 12.2. The van der Waals surface area contributed by atoms with Gasteiger partial charge in [-0.1, -0.05) is 18.2 Å². The van der Waals surface area contributed by atoms with Crippen molar-refractivity contribution in [1.82, 2.24) is 10.2 Å². The fourth-order valence-corrected chi connectivity index (χ4v) is 2.87. The van der Waals surface area contributed by atoms with E-state index in [0.29, 0.717) is 13.0 Å². The minimum Gasteiger partial charge on any atom is -0.481 e. The maximum atomic E-state index is 12.2. The molecule has 126 valence electrons. The highest BCUT2D eigenvalue weighted by atomic mass is 16.4. The lowest BCUT2D eigenvalue weighted by molar-refractivity contribution is -0.137. The van der Waals surface area contributed by atoms with Gasteiger partial charge >= 0.3 is 12.0 Å². The Morgan fingerprint density at radius 1 is 1.35 bits per heavy atom. The monoisotopic (exact) mass is 319 g/mol. The highest BCUT2D eigenvalue weighted by Gasteiger charge is 2.26. The minimum atomic E-state index is -0.835. The number of carboxylic acid groups (broad SMARTS) is 1. The first-order chi connectivity index (χ1) is 11.1. The van der Waals surface area contributed by atoms with Gasteiger partial charge in [-0.2, -0.15) is 0 Å². The van der Waals surface area contributed by atoms with Crippen molar-refractivity contribution in [3.8, 4) is 0 Å². The summed E-state index contributed by atoms with van der Waals surface area (Å²) in [5.74, 6) is -0.835. The van der Waals surface area contributed by atoms with Crippen molar-refractivity contribution in [3.63, 3.8) is 0 Å². The number of aliphatic carboxylic acids is 1. The van der Waals surface area contributed by atoms with Gasteiger partial charge < -0.3 is 20.2 Å². The number of carbonyl (C=O) groups excluding carboxylic acids is 1. The normalized spacial score (nSPS) is 17.6. The largest absolute Gasteiger partial charge is 0.481 e. The van der Waals surface area contributed by atoms with E-state index >= 15 is 0 Å². The molecular weight excluding hydrogens is 294 g/mol. The molecule has 1 unspecified atom stereocenters. The molecule has 0 bridgehead atoms. The summed E-state index contributed by atoms with van der Waals surface area (Å²) in [6, 6.07) is 10.3. The molecule has 1 aliphatic heterocycles. The third kappa shape index (κ3) is 5.16. The number of hydrogen-bond donors (Lipinski definition) is 2. The zero-order valence-electron chi connectivity index (χ0n) is 13.6. The number of benzene rings is 1. The summed E-state index contributed by atoms with van der Waals surface area (Å²) in [6.07, 6.45) is 2.57. The molecule has 0 aromatic heterocycles. The molecule has 2 amide bonds. The van der Waals surface area contributed by atoms with Gasteiger partial charge in [0.25, 0.3) is 0 Å². The average Bonchev–Trinajstić information content (AvgIpc) is 2.58. The summed E-state index contributed by atoms with van der Waals surface area (Å²) in [5.41, 5.74) is 1.19. The molecule has 1 atom stereocenters. The van der Waals surface area contributed by atoms with Crippen molar-refractivity contribution in [2.24, 2.45) is 0 Å². The lowest BCUT2D eigenvalue weighted by Gasteiger charge is -2.38. The lowest BCUT2D eigenvalue weighted by Crippen LogP contribution is -2.51. The Bertz CT molecular complexity index is 521. The number of hydrogen-bond acceptors (Lipinski definition) is 3. The van der Waals surface area contributed by atoms with Gasteiger partial charge in [-0.05, 0) is 31.4 Å². The second kappa shape index (κ2) is 8.41. The summed E-state index contributed by atoms with van der Waals surface area (Å²) in [7, 11) is 1.81. The van der Waals surface area contributed by atoms with Gasteiger partial charge in [0.1, 0.15) is 0 Å². The van der Waals surface area contributed by atoms with Crippen molar-refractivity contribution in [1.29, 1.82) is 0 Å². The lowest BCUT2D eigenvalue weighted by atomic mass is 10.0. The minimum absolute atomic E-state index is 0.0786. The van der Waals surface area contributed by atoms with E-state index in [1.165, 1.54) is 5.69 Å². The van der Waals surface area contributed by atoms with E-state index in [-0.39, 0.29) is 18.5 Å². The van der Waals surface area contributed by atoms with Gasteiger partial charge in [-0.3, -0.25) is 4.79 Å². The average molecular weight is 319 g/mol. The predicted octanol–water partition coefficient (Wildman–Crippen LogP) is 2.16. The van der Waals surface area contributed by atoms with Gasteiger partial charge in [0.05, 0.1) is 6.04 Å². The Hall–Kier alpha value is -2.24. The van der Waals surface area contributed by atoms with Crippen LogP contribution in [0.1, 0.15) is 25.7 Å². The predicted molar refractivity (Wildman–Crippen MR) is 89.7 cm³/mol. The number of anilines is 1. The molecule has 0 spiro atoms. The van der Waals surface area contributed by atoms with Crippen LogP contribution in [0.5, 0.6) is 0 Å². The van der Waals surface area contributed by atoms with Gasteiger partial charge in [-0.15, -0.1) is 0 Å². The topological polar surface area (TPSA) is 72.9 Å². The summed E-state index contributed by atoms with van der Waals surface area (Å²) in [5, 5.41) is 11.4. The molecule has 2 N–H and O–H groups in total. The molecule has 1 heterocycles. The molecule has 2 rings (SSSR count). The number of urea groups is 1. The molecule has 1 aliphatic rings. The zero-order chi connectivity index (χ0) is 16.7. The van der Waals surface area contributed by atoms with Crippen LogP contribution in [0.2, 0.25) is 0 Å². The molecule has 23 heavy (non-hydrogen) atoms. The van der Waals surface area contributed by atoms with Crippen LogP contribution in [0.25, 0.3) is 0 Å². The summed E-state index contributed by atoms with van der Waals surface area (Å²) in [4.78, 5) is 26.7. The first-order valence-corrected chi connectivity index (χ1v) is 8.10. The Morgan fingerprint density at radius 3 is 2.78 bits per heavy atom. The standard InChI is InChI=1S/C17H25N3O3/c1-19(17(23)18-11-5-10-16(21)22)15-9-6-12-20(13-15)14-7-3-2-4-8-14/h2-4,7-8,15H,5-6,9-13H2,1H3,(H,18,23)(H,21,22). The van der Waals surface area contributed by atoms with E-state index in [2.05, 4.69) is 22.3 Å². The quantitative estimate of drug-likeness (QED) is 0.788. The van der Waals surface area contributed by atoms with Crippen molar-refractivity contribution in [3.05, 3.63) is 30.3 Å². The van der Waals surface area contributed by atoms with Crippen LogP contribution in [0, 0.1) is 0 Å². The number of nitrogens with zero attached hydrogens (tertiary/aromatic N) is 2. The van der Waals surface area contributed by atoms with Gasteiger partial charge in [0, 0.05) is 38.8 Å². The fourth-order valence-electron chi connectivity index (χ4n) is 2.87. The van der Waals surface area contributed by atoms with Crippen LogP contribution in [0.15, 0.2) is 30.3 Å². The Balaban J connectivity index is 1.82. The Labute approximate surface area is 137 Å². The van der Waals surface area contributed by atoms with Crippen LogP contribution in [-0.2, 0) is 4.79 Å². The smallest absolute Gasteiger partial charge is 0.317 e. The third-order valence-electron chi connectivity index (χ3n) is 4.23. The van der Waals surface area contributed by atoms with Crippen LogP contribution in [-0.4, -0.2) is 54.7 Å². The van der Waals surface area contributed by atoms with Crippen molar-refractivity contribution in [2.45, 2.75) is 31.7 Å². The fraction of sp³-hybridized carbons (Fsp3) is 0.529. The number of rotatable bonds is 6. The van der Waals surface area contributed by atoms with E-state index in [0.717, 1.165) is 25.9 Å². The van der Waals surface area contributed by atoms with Gasteiger partial charge in [-0.25, -0.2) is 4.79 Å². The van der Waals surface area contributed by atoms with Crippen LogP contribution < -0.4 is 10.2 Å². The van der Waals surface area contributed by atoms with Gasteiger partial charge in [0.15, 0.2) is 0 Å². The Kier molecular flexibility index (Phi) is 6.26. The number of carboxylic acids is 1. The van der Waals surface area contributed by atoms with Crippen molar-refractivity contribution in [2.75, 3.05) is 31.6 Å². The van der Waals surface area contributed by atoms with Crippen molar-refractivity contribution < 1.29 is 14.7 Å². The highest BCUT2D eigenvalue weighted by Crippen LogP contribution is 2.21. The molecule has 1 aromatic carbocycles. The molecule has 0 saturated carbocycles. The molecule has 0 radical (unpaired) electrons. The van der Waals surface area contributed by atoms with Crippen LogP contribution in [0.4, 0.5) is 10.5 Å². The number of para-hydroxylation sites is 1. The van der Waals surface area contributed by atoms with Gasteiger partial charge in [0.2, 0.25) is 0 Å². The molecule has 1 aromatic rings. The molecular formula is C17H25N3O3. The number of carbonyl (C=O) groups is 2. The summed E-state index contributed by atoms with van der Waals surface area (Å²) < 4.78 is 0. The van der Waals surface area contributed by atoms with Crippen LogP contribution in [0.3, 0.4) is 0 Å². The first-order valence-electron chi connectivity index (χ1n) is 8.10.